The zero-order valence-corrected chi connectivity index (χ0v) is 24.1. The number of fused-ring (bicyclic) bond motifs is 1. The van der Waals surface area contributed by atoms with E-state index in [0.717, 1.165) is 23.6 Å². The number of amides is 2. The van der Waals surface area contributed by atoms with Crippen molar-refractivity contribution < 1.29 is 32.6 Å². The summed E-state index contributed by atoms with van der Waals surface area (Å²) in [6.07, 6.45) is 4.77. The maximum atomic E-state index is 14.5. The molecule has 3 atom stereocenters. The molecular formula is C28H34ClN3O7S. The number of primary amides is 1. The van der Waals surface area contributed by atoms with E-state index in [-0.39, 0.29) is 28.4 Å². The summed E-state index contributed by atoms with van der Waals surface area (Å²) in [6, 6.07) is 6.31. The van der Waals surface area contributed by atoms with Gasteiger partial charge in [0.15, 0.2) is 17.5 Å². The quantitative estimate of drug-likeness (QED) is 0.504. The molecule has 0 radical (unpaired) electrons. The first-order chi connectivity index (χ1) is 19.0. The van der Waals surface area contributed by atoms with Gasteiger partial charge in [0.25, 0.3) is 15.9 Å². The number of halogens is 1. The van der Waals surface area contributed by atoms with Crippen LogP contribution in [-0.2, 0) is 25.2 Å². The van der Waals surface area contributed by atoms with Crippen LogP contribution in [0.1, 0.15) is 50.5 Å². The van der Waals surface area contributed by atoms with Crippen molar-refractivity contribution in [1.82, 2.24) is 4.90 Å². The minimum Gasteiger partial charge on any atom is -0.493 e. The Labute approximate surface area is 239 Å². The maximum absolute atomic E-state index is 14.5. The number of nitrogens with zero attached hydrogens (tertiary/aromatic N) is 2. The van der Waals surface area contributed by atoms with Gasteiger partial charge in [0.05, 0.1) is 24.8 Å². The summed E-state index contributed by atoms with van der Waals surface area (Å²) >= 11 is 6.39. The molecule has 0 bridgehead atoms. The number of methoxy groups -OCH3 is 2. The van der Waals surface area contributed by atoms with Gasteiger partial charge in [-0.1, -0.05) is 30.9 Å². The van der Waals surface area contributed by atoms with Crippen LogP contribution in [-0.4, -0.2) is 63.1 Å². The zero-order valence-electron chi connectivity index (χ0n) is 22.5. The van der Waals surface area contributed by atoms with Gasteiger partial charge in [0.1, 0.15) is 11.6 Å². The minimum atomic E-state index is -4.46. The van der Waals surface area contributed by atoms with E-state index in [1.807, 2.05) is 0 Å². The van der Waals surface area contributed by atoms with Gasteiger partial charge in [-0.15, -0.1) is 0 Å². The smallest absolute Gasteiger partial charge is 0.265 e. The highest BCUT2D eigenvalue weighted by atomic mass is 35.5. The van der Waals surface area contributed by atoms with E-state index < -0.39 is 45.4 Å². The van der Waals surface area contributed by atoms with Gasteiger partial charge in [0, 0.05) is 23.2 Å². The Bertz CT molecular complexity index is 1430. The Balaban J connectivity index is 1.74. The molecular weight excluding hydrogens is 558 g/mol. The lowest BCUT2D eigenvalue weighted by molar-refractivity contribution is -0.146. The molecule has 2 aromatic carbocycles. The van der Waals surface area contributed by atoms with Crippen LogP contribution in [0.5, 0.6) is 11.5 Å². The molecule has 2 amide bonds. The first kappa shape index (κ1) is 28.5. The summed E-state index contributed by atoms with van der Waals surface area (Å²) in [6.45, 7) is 0.227. The average Bonchev–Trinajstić information content (AvgIpc) is 3.55. The van der Waals surface area contributed by atoms with Gasteiger partial charge in [0.2, 0.25) is 5.91 Å². The largest absolute Gasteiger partial charge is 0.493 e. The second-order valence-corrected chi connectivity index (χ2v) is 12.9. The summed E-state index contributed by atoms with van der Waals surface area (Å²) in [7, 11) is -1.63. The molecule has 1 saturated carbocycles. The highest BCUT2D eigenvalue weighted by Crippen LogP contribution is 2.55. The molecule has 1 aliphatic carbocycles. The fourth-order valence-corrected chi connectivity index (χ4v) is 8.44. The third-order valence-electron chi connectivity index (χ3n) is 8.52. The lowest BCUT2D eigenvalue weighted by Crippen LogP contribution is -2.61. The summed E-state index contributed by atoms with van der Waals surface area (Å²) in [5.41, 5.74) is 4.21. The molecule has 216 valence electrons. The lowest BCUT2D eigenvalue weighted by atomic mass is 9.71. The molecule has 3 aliphatic rings. The van der Waals surface area contributed by atoms with Crippen molar-refractivity contribution >= 4 is 39.1 Å². The fraction of sp³-hybridized carbons (Fsp3) is 0.500. The molecule has 5 rings (SSSR count). The molecule has 0 aromatic heterocycles. The Hall–Kier alpha value is -3.02. The number of hydrogen-bond acceptors (Lipinski definition) is 7. The molecule has 2 fully saturated rings. The van der Waals surface area contributed by atoms with E-state index in [4.69, 9.17) is 26.8 Å². The predicted octanol–water partition coefficient (Wildman–Crippen LogP) is 3.18. The first-order valence-corrected chi connectivity index (χ1v) is 15.3. The maximum Gasteiger partial charge on any atom is 0.265 e. The Morgan fingerprint density at radius 3 is 2.35 bits per heavy atom. The third-order valence-corrected chi connectivity index (χ3v) is 10.5. The van der Waals surface area contributed by atoms with E-state index in [1.165, 1.54) is 49.5 Å². The molecule has 1 saturated heterocycles. The van der Waals surface area contributed by atoms with E-state index >= 15 is 0 Å². The van der Waals surface area contributed by atoms with Crippen LogP contribution in [0.2, 0.25) is 5.02 Å². The molecule has 0 spiro atoms. The van der Waals surface area contributed by atoms with Crippen molar-refractivity contribution in [2.45, 2.75) is 67.5 Å². The standard InChI is InChI=1S/C28H34ClN3O7S/c1-38-23-13-11-19(16-24(23)39-2)40(36,37)32-21-12-10-18(29)15-20(21)28(35,17-7-4-3-5-8-17)25(32)27(34)31-14-6-9-22(31)26(30)33/h10-13,15-17,22,25,35H,3-9,14H2,1-2H3,(H2,30,33)/t22-,25?,28?/m0/s1. The topological polar surface area (TPSA) is 139 Å². The van der Waals surface area contributed by atoms with Crippen LogP contribution in [0.4, 0.5) is 5.69 Å². The fourth-order valence-electron chi connectivity index (χ4n) is 6.60. The normalized spacial score (nSPS) is 25.1. The van der Waals surface area contributed by atoms with Crippen molar-refractivity contribution in [3.8, 4) is 11.5 Å². The minimum absolute atomic E-state index is 0.149. The Kier molecular flexibility index (Phi) is 7.66. The summed E-state index contributed by atoms with van der Waals surface area (Å²) < 4.78 is 40.6. The van der Waals surface area contributed by atoms with Crippen molar-refractivity contribution in [2.75, 3.05) is 25.1 Å². The van der Waals surface area contributed by atoms with Gasteiger partial charge in [-0.3, -0.25) is 13.9 Å². The number of hydrogen-bond donors (Lipinski definition) is 2. The number of benzene rings is 2. The Morgan fingerprint density at radius 2 is 1.70 bits per heavy atom. The van der Waals surface area contributed by atoms with E-state index in [1.54, 1.807) is 6.07 Å². The van der Waals surface area contributed by atoms with Gasteiger partial charge in [-0.2, -0.15) is 0 Å². The number of sulfonamides is 1. The van der Waals surface area contributed by atoms with Gasteiger partial charge < -0.3 is 25.2 Å². The second-order valence-electron chi connectivity index (χ2n) is 10.6. The molecule has 40 heavy (non-hydrogen) atoms. The van der Waals surface area contributed by atoms with Crippen molar-refractivity contribution in [3.05, 3.63) is 47.0 Å². The lowest BCUT2D eigenvalue weighted by Gasteiger charge is -2.42. The highest BCUT2D eigenvalue weighted by molar-refractivity contribution is 7.93. The van der Waals surface area contributed by atoms with Crippen LogP contribution in [0.15, 0.2) is 41.3 Å². The molecule has 2 aliphatic heterocycles. The number of carbonyl (C=O) groups excluding carboxylic acids is 2. The Morgan fingerprint density at radius 1 is 1.00 bits per heavy atom. The predicted molar refractivity (Wildman–Crippen MR) is 149 cm³/mol. The van der Waals surface area contributed by atoms with Gasteiger partial charge >= 0.3 is 0 Å². The summed E-state index contributed by atoms with van der Waals surface area (Å²) in [5.74, 6) is -1.21. The number of ether oxygens (including phenoxy) is 2. The molecule has 10 nitrogen and oxygen atoms in total. The number of rotatable bonds is 7. The van der Waals surface area contributed by atoms with Crippen molar-refractivity contribution in [1.29, 1.82) is 0 Å². The van der Waals surface area contributed by atoms with Gasteiger partial charge in [-0.25, -0.2) is 8.42 Å². The first-order valence-electron chi connectivity index (χ1n) is 13.4. The van der Waals surface area contributed by atoms with E-state index in [9.17, 15) is 23.1 Å². The summed E-state index contributed by atoms with van der Waals surface area (Å²) in [4.78, 5) is 27.9. The molecule has 2 aromatic rings. The van der Waals surface area contributed by atoms with E-state index in [2.05, 4.69) is 0 Å². The molecule has 12 heteroatoms. The van der Waals surface area contributed by atoms with Crippen LogP contribution in [0, 0.1) is 5.92 Å². The number of anilines is 1. The van der Waals surface area contributed by atoms with Crippen LogP contribution >= 0.6 is 11.6 Å². The number of likely N-dealkylation sites (tertiary alicyclic amines) is 1. The molecule has 3 N–H and O–H groups in total. The third kappa shape index (κ3) is 4.48. The summed E-state index contributed by atoms with van der Waals surface area (Å²) in [5, 5.41) is 13.0. The van der Waals surface area contributed by atoms with Crippen molar-refractivity contribution in [3.63, 3.8) is 0 Å². The molecule has 2 unspecified atom stereocenters. The zero-order chi connectivity index (χ0) is 28.8. The van der Waals surface area contributed by atoms with Crippen LogP contribution < -0.4 is 19.5 Å². The highest BCUT2D eigenvalue weighted by Gasteiger charge is 2.62. The number of nitrogens with two attached hydrogens (primary N) is 1. The number of carbonyl (C=O) groups is 2. The SMILES string of the molecule is COc1ccc(S(=O)(=O)N2c3ccc(Cl)cc3C(O)(C3CCCCC3)C2C(=O)N2CCC[C@H]2C(N)=O)cc1OC. The van der Waals surface area contributed by atoms with Gasteiger partial charge in [-0.05, 0) is 61.9 Å². The van der Waals surface area contributed by atoms with Crippen LogP contribution in [0.3, 0.4) is 0 Å². The molecule has 2 heterocycles. The average molecular weight is 592 g/mol. The van der Waals surface area contributed by atoms with E-state index in [0.29, 0.717) is 36.5 Å². The monoisotopic (exact) mass is 591 g/mol. The number of aliphatic hydroxyl groups is 1. The second kappa shape index (κ2) is 10.8. The van der Waals surface area contributed by atoms with Crippen LogP contribution in [0.25, 0.3) is 0 Å². The van der Waals surface area contributed by atoms with Crippen molar-refractivity contribution in [2.24, 2.45) is 11.7 Å².